The van der Waals surface area contributed by atoms with Crippen LogP contribution in [0.2, 0.25) is 0 Å². The predicted molar refractivity (Wildman–Crippen MR) is 86.7 cm³/mol. The fourth-order valence-corrected chi connectivity index (χ4v) is 2.59. The molecule has 0 bridgehead atoms. The molecule has 0 spiro atoms. The molecular weight excluding hydrogens is 296 g/mol. The van der Waals surface area contributed by atoms with E-state index < -0.39 is 11.6 Å². The molecule has 1 unspecified atom stereocenters. The van der Waals surface area contributed by atoms with Gasteiger partial charge in [0.25, 0.3) is 0 Å². The summed E-state index contributed by atoms with van der Waals surface area (Å²) in [6.07, 6.45) is -0.307. The van der Waals surface area contributed by atoms with Crippen molar-refractivity contribution in [3.63, 3.8) is 0 Å². The lowest BCUT2D eigenvalue weighted by atomic mass is 9.86. The molecule has 1 atom stereocenters. The Morgan fingerprint density at radius 2 is 1.61 bits per heavy atom. The summed E-state index contributed by atoms with van der Waals surface area (Å²) in [7, 11) is 0. The second-order valence-corrected chi connectivity index (χ2v) is 6.72. The highest BCUT2D eigenvalue weighted by molar-refractivity contribution is 5.95. The Bertz CT molecular complexity index is 725. The summed E-state index contributed by atoms with van der Waals surface area (Å²) in [5.74, 6) is -1.29. The van der Waals surface area contributed by atoms with E-state index >= 15 is 0 Å². The lowest BCUT2D eigenvalue weighted by Crippen LogP contribution is -2.12. The quantitative estimate of drug-likeness (QED) is 0.781. The van der Waals surface area contributed by atoms with Crippen LogP contribution < -0.4 is 0 Å². The highest BCUT2D eigenvalue weighted by atomic mass is 19.1. The number of benzene rings is 2. The molecule has 0 radical (unpaired) electrons. The van der Waals surface area contributed by atoms with Crippen LogP contribution in [0.3, 0.4) is 0 Å². The molecule has 0 fully saturated rings. The number of hydrogen-bond donors (Lipinski definition) is 0. The maximum absolute atomic E-state index is 13.8. The fraction of sp³-hybridized carbons (Fsp3) is 0.316. The summed E-state index contributed by atoms with van der Waals surface area (Å²) in [6.45, 7) is 6.81. The van der Waals surface area contributed by atoms with E-state index in [-0.39, 0.29) is 23.0 Å². The Balaban J connectivity index is 1.79. The first-order valence-electron chi connectivity index (χ1n) is 7.62. The number of hydrogen-bond acceptors (Lipinski definition) is 2. The third-order valence-electron chi connectivity index (χ3n) is 3.98. The van der Waals surface area contributed by atoms with E-state index in [9.17, 15) is 8.78 Å². The zero-order valence-electron chi connectivity index (χ0n) is 13.4. The molecule has 1 aliphatic heterocycles. The van der Waals surface area contributed by atoms with Crippen molar-refractivity contribution in [3.05, 3.63) is 70.8 Å². The molecule has 120 valence electrons. The van der Waals surface area contributed by atoms with Gasteiger partial charge in [-0.25, -0.2) is 13.8 Å². The summed E-state index contributed by atoms with van der Waals surface area (Å²) in [5, 5.41) is 0. The molecule has 1 heterocycles. The average Bonchev–Trinajstić information content (AvgIpc) is 2.96. The SMILES string of the molecule is CC(C)(C)c1ccc(C2CN=C(c3c(F)cccc3F)O2)cc1. The van der Waals surface area contributed by atoms with Gasteiger partial charge in [0.05, 0.1) is 6.54 Å². The minimum absolute atomic E-state index is 0.0329. The minimum atomic E-state index is -0.660. The summed E-state index contributed by atoms with van der Waals surface area (Å²) in [6, 6.07) is 11.8. The number of halogens is 2. The van der Waals surface area contributed by atoms with Crippen LogP contribution in [-0.4, -0.2) is 12.4 Å². The van der Waals surface area contributed by atoms with E-state index in [0.717, 1.165) is 5.56 Å². The van der Waals surface area contributed by atoms with Gasteiger partial charge >= 0.3 is 0 Å². The van der Waals surface area contributed by atoms with E-state index in [2.05, 4.69) is 37.9 Å². The Morgan fingerprint density at radius 1 is 1.00 bits per heavy atom. The maximum atomic E-state index is 13.8. The lowest BCUT2D eigenvalue weighted by molar-refractivity contribution is 0.229. The van der Waals surface area contributed by atoms with Crippen LogP contribution in [-0.2, 0) is 10.2 Å². The molecule has 2 aromatic rings. The van der Waals surface area contributed by atoms with Gasteiger partial charge < -0.3 is 4.74 Å². The Morgan fingerprint density at radius 3 is 2.17 bits per heavy atom. The minimum Gasteiger partial charge on any atom is -0.467 e. The van der Waals surface area contributed by atoms with Gasteiger partial charge in [0.1, 0.15) is 23.3 Å². The first-order chi connectivity index (χ1) is 10.9. The van der Waals surface area contributed by atoms with E-state index in [0.29, 0.717) is 6.54 Å². The molecule has 0 aromatic heterocycles. The fourth-order valence-electron chi connectivity index (χ4n) is 2.59. The number of aliphatic imine (C=N–C) groups is 1. The van der Waals surface area contributed by atoms with Crippen molar-refractivity contribution in [2.24, 2.45) is 4.99 Å². The van der Waals surface area contributed by atoms with Crippen LogP contribution in [0, 0.1) is 11.6 Å². The molecule has 2 nitrogen and oxygen atoms in total. The van der Waals surface area contributed by atoms with Crippen molar-refractivity contribution in [3.8, 4) is 0 Å². The van der Waals surface area contributed by atoms with E-state index in [1.165, 1.54) is 23.8 Å². The summed E-state index contributed by atoms with van der Waals surface area (Å²) < 4.78 is 33.3. The molecule has 0 saturated carbocycles. The standard InChI is InChI=1S/C19H19F2NO/c1-19(2,3)13-9-7-12(8-10-13)16-11-22-18(23-16)17-14(20)5-4-6-15(17)21/h4-10,16H,11H2,1-3H3. The van der Waals surface area contributed by atoms with Crippen LogP contribution in [0.5, 0.6) is 0 Å². The molecule has 3 rings (SSSR count). The summed E-state index contributed by atoms with van der Waals surface area (Å²) in [4.78, 5) is 4.17. The lowest BCUT2D eigenvalue weighted by Gasteiger charge is -2.20. The number of nitrogens with zero attached hydrogens (tertiary/aromatic N) is 1. The first-order valence-corrected chi connectivity index (χ1v) is 7.62. The summed E-state index contributed by atoms with van der Waals surface area (Å²) in [5.41, 5.74) is 2.06. The van der Waals surface area contributed by atoms with E-state index in [4.69, 9.17) is 4.74 Å². The second-order valence-electron chi connectivity index (χ2n) is 6.72. The topological polar surface area (TPSA) is 21.6 Å². The highest BCUT2D eigenvalue weighted by Gasteiger charge is 2.27. The average molecular weight is 315 g/mol. The number of rotatable bonds is 2. The third kappa shape index (κ3) is 3.11. The van der Waals surface area contributed by atoms with Crippen LogP contribution in [0.1, 0.15) is 43.6 Å². The molecule has 2 aromatic carbocycles. The van der Waals surface area contributed by atoms with E-state index in [1.807, 2.05) is 12.1 Å². The van der Waals surface area contributed by atoms with Gasteiger partial charge in [0.2, 0.25) is 5.90 Å². The molecule has 23 heavy (non-hydrogen) atoms. The first kappa shape index (κ1) is 15.7. The Labute approximate surface area is 134 Å². The van der Waals surface area contributed by atoms with Gasteiger partial charge in [-0.1, -0.05) is 51.1 Å². The van der Waals surface area contributed by atoms with Crippen LogP contribution in [0.4, 0.5) is 8.78 Å². The second kappa shape index (κ2) is 5.76. The van der Waals surface area contributed by atoms with Crippen molar-refractivity contribution in [2.45, 2.75) is 32.3 Å². The molecule has 0 amide bonds. The molecular formula is C19H19F2NO. The number of ether oxygens (including phenoxy) is 1. The van der Waals surface area contributed by atoms with Crippen molar-refractivity contribution >= 4 is 5.90 Å². The van der Waals surface area contributed by atoms with Crippen LogP contribution in [0.15, 0.2) is 47.5 Å². The van der Waals surface area contributed by atoms with Gasteiger partial charge in [0, 0.05) is 0 Å². The van der Waals surface area contributed by atoms with Crippen molar-refractivity contribution in [2.75, 3.05) is 6.54 Å². The zero-order valence-corrected chi connectivity index (χ0v) is 13.4. The summed E-state index contributed by atoms with van der Waals surface area (Å²) >= 11 is 0. The molecule has 4 heteroatoms. The van der Waals surface area contributed by atoms with Gasteiger partial charge in [-0.05, 0) is 28.7 Å². The van der Waals surface area contributed by atoms with Gasteiger partial charge in [-0.3, -0.25) is 0 Å². The normalized spacial score (nSPS) is 17.8. The molecule has 0 aliphatic carbocycles. The molecule has 0 N–H and O–H groups in total. The predicted octanol–water partition coefficient (Wildman–Crippen LogP) is 4.78. The van der Waals surface area contributed by atoms with Crippen LogP contribution >= 0.6 is 0 Å². The highest BCUT2D eigenvalue weighted by Crippen LogP contribution is 2.29. The largest absolute Gasteiger partial charge is 0.467 e. The van der Waals surface area contributed by atoms with Crippen molar-refractivity contribution in [1.29, 1.82) is 0 Å². The smallest absolute Gasteiger partial charge is 0.222 e. The zero-order chi connectivity index (χ0) is 16.6. The van der Waals surface area contributed by atoms with Crippen LogP contribution in [0.25, 0.3) is 0 Å². The third-order valence-corrected chi connectivity index (χ3v) is 3.98. The molecule has 1 aliphatic rings. The monoisotopic (exact) mass is 315 g/mol. The Kier molecular flexibility index (Phi) is 3.92. The van der Waals surface area contributed by atoms with E-state index in [1.54, 1.807) is 0 Å². The molecule has 0 saturated heterocycles. The van der Waals surface area contributed by atoms with Crippen molar-refractivity contribution < 1.29 is 13.5 Å². The Hall–Kier alpha value is -2.23. The maximum Gasteiger partial charge on any atom is 0.222 e. The van der Waals surface area contributed by atoms with Gasteiger partial charge in [-0.15, -0.1) is 0 Å². The van der Waals surface area contributed by atoms with Gasteiger partial charge in [-0.2, -0.15) is 0 Å². The van der Waals surface area contributed by atoms with Gasteiger partial charge in [0.15, 0.2) is 0 Å². The van der Waals surface area contributed by atoms with Crippen molar-refractivity contribution in [1.82, 2.24) is 0 Å².